The Labute approximate surface area is 220 Å². The van der Waals surface area contributed by atoms with Crippen LogP contribution in [-0.2, 0) is 14.3 Å². The van der Waals surface area contributed by atoms with Gasteiger partial charge >= 0.3 is 11.7 Å². The van der Waals surface area contributed by atoms with E-state index in [9.17, 15) is 30.2 Å². The van der Waals surface area contributed by atoms with Gasteiger partial charge in [0.15, 0.2) is 5.75 Å². The Balaban J connectivity index is 1.44. The molecule has 0 radical (unpaired) electrons. The van der Waals surface area contributed by atoms with Crippen molar-refractivity contribution in [3.8, 4) is 11.5 Å². The second-order valence-electron chi connectivity index (χ2n) is 11.4. The number of aromatic hydroxyl groups is 1. The maximum atomic E-state index is 12.7. The van der Waals surface area contributed by atoms with E-state index in [1.165, 1.54) is 25.3 Å². The van der Waals surface area contributed by atoms with E-state index < -0.39 is 33.8 Å². The van der Waals surface area contributed by atoms with Crippen molar-refractivity contribution in [1.82, 2.24) is 0 Å². The van der Waals surface area contributed by atoms with Crippen LogP contribution in [0.2, 0.25) is 0 Å². The molecule has 3 unspecified atom stereocenters. The third-order valence-electron chi connectivity index (χ3n) is 9.31. The minimum Gasteiger partial charge on any atom is -0.500 e. The molecule has 2 heterocycles. The number of phenols is 1. The van der Waals surface area contributed by atoms with E-state index in [1.807, 2.05) is 13.0 Å². The topological polar surface area (TPSA) is 152 Å². The van der Waals surface area contributed by atoms with Gasteiger partial charge in [0.1, 0.15) is 5.76 Å². The summed E-state index contributed by atoms with van der Waals surface area (Å²) in [5.74, 6) is -0.913. The minimum absolute atomic E-state index is 0.0159. The molecule has 1 saturated heterocycles. The largest absolute Gasteiger partial charge is 0.500 e. The van der Waals surface area contributed by atoms with Crippen LogP contribution in [-0.4, -0.2) is 58.2 Å². The molecule has 1 spiro atoms. The fourth-order valence-electron chi connectivity index (χ4n) is 7.09. The number of aliphatic hydroxyl groups is 2. The van der Waals surface area contributed by atoms with E-state index in [0.29, 0.717) is 24.2 Å². The lowest BCUT2D eigenvalue weighted by Crippen LogP contribution is -2.60. The quantitative estimate of drug-likeness (QED) is 0.218. The lowest BCUT2D eigenvalue weighted by atomic mass is 9.45. The minimum atomic E-state index is -0.718. The number of allylic oxidation sites excluding steroid dienone is 1. The summed E-state index contributed by atoms with van der Waals surface area (Å²) >= 11 is 0. The highest BCUT2D eigenvalue weighted by Crippen LogP contribution is 2.65. The van der Waals surface area contributed by atoms with Crippen molar-refractivity contribution in [3.05, 3.63) is 57.4 Å². The summed E-state index contributed by atoms with van der Waals surface area (Å²) in [6, 6.07) is 2.59. The molecule has 2 aliphatic heterocycles. The first-order valence-electron chi connectivity index (χ1n) is 12.8. The molecular weight excluding hydrogens is 494 g/mol. The third-order valence-corrected chi connectivity index (χ3v) is 9.31. The van der Waals surface area contributed by atoms with Crippen LogP contribution in [0.4, 0.5) is 5.69 Å². The second kappa shape index (κ2) is 9.21. The molecule has 2 saturated carbocycles. The number of phenolic OH excluding ortho intramolecular Hbond substituents is 1. The van der Waals surface area contributed by atoms with Gasteiger partial charge in [0.25, 0.3) is 0 Å². The molecule has 5 rings (SSSR count). The van der Waals surface area contributed by atoms with E-state index in [-0.39, 0.29) is 41.0 Å². The summed E-state index contributed by atoms with van der Waals surface area (Å²) in [7, 11) is 1.29. The number of carbonyl (C=O) groups is 1. The van der Waals surface area contributed by atoms with Crippen LogP contribution < -0.4 is 4.74 Å². The van der Waals surface area contributed by atoms with Gasteiger partial charge in [-0.05, 0) is 60.8 Å². The number of aliphatic hydroxyl groups excluding tert-OH is 2. The maximum absolute atomic E-state index is 12.7. The third kappa shape index (κ3) is 4.11. The molecule has 2 aliphatic carbocycles. The number of cyclic esters (lactones) is 1. The number of carbonyl (C=O) groups excluding carboxylic acids is 1. The van der Waals surface area contributed by atoms with Crippen LogP contribution in [0.5, 0.6) is 11.5 Å². The molecule has 1 aromatic rings. The fourth-order valence-corrected chi connectivity index (χ4v) is 7.09. The van der Waals surface area contributed by atoms with Gasteiger partial charge in [-0.3, -0.25) is 10.1 Å². The SMILES string of the molecule is COc1cc(/C=C2C=C(/C=C/C3C4(CCC5[C@]3(C)CC[C@@H](O)[C@@]5(C)CO)CO4)C(=O)O\2)cc([N+](=O)[O-])c1O. The molecule has 10 nitrogen and oxygen atoms in total. The zero-order valence-electron chi connectivity index (χ0n) is 21.7. The van der Waals surface area contributed by atoms with Crippen LogP contribution in [0.1, 0.15) is 45.1 Å². The van der Waals surface area contributed by atoms with Gasteiger partial charge in [-0.25, -0.2) is 4.79 Å². The van der Waals surface area contributed by atoms with Crippen molar-refractivity contribution in [2.75, 3.05) is 20.3 Å². The Morgan fingerprint density at radius 1 is 1.26 bits per heavy atom. The highest BCUT2D eigenvalue weighted by atomic mass is 16.6. The predicted octanol–water partition coefficient (Wildman–Crippen LogP) is 3.64. The number of nitrogens with zero attached hydrogens (tertiary/aromatic N) is 1. The molecule has 204 valence electrons. The molecule has 38 heavy (non-hydrogen) atoms. The number of methoxy groups -OCH3 is 1. The van der Waals surface area contributed by atoms with Crippen LogP contribution in [0.3, 0.4) is 0 Å². The molecule has 10 heteroatoms. The van der Waals surface area contributed by atoms with E-state index >= 15 is 0 Å². The van der Waals surface area contributed by atoms with Gasteiger partial charge in [0, 0.05) is 17.4 Å². The highest BCUT2D eigenvalue weighted by Gasteiger charge is 2.66. The first-order valence-corrected chi connectivity index (χ1v) is 12.8. The fraction of sp³-hybridized carbons (Fsp3) is 0.536. The summed E-state index contributed by atoms with van der Waals surface area (Å²) in [5.41, 5.74) is -1.00. The summed E-state index contributed by atoms with van der Waals surface area (Å²) < 4.78 is 16.4. The van der Waals surface area contributed by atoms with E-state index in [1.54, 1.807) is 12.2 Å². The van der Waals surface area contributed by atoms with Crippen molar-refractivity contribution in [1.29, 1.82) is 0 Å². The van der Waals surface area contributed by atoms with Crippen LogP contribution >= 0.6 is 0 Å². The average Bonchev–Trinajstić information content (AvgIpc) is 3.56. The van der Waals surface area contributed by atoms with E-state index in [2.05, 4.69) is 6.92 Å². The zero-order chi connectivity index (χ0) is 27.5. The van der Waals surface area contributed by atoms with Gasteiger partial charge in [0.2, 0.25) is 5.75 Å². The second-order valence-corrected chi connectivity index (χ2v) is 11.4. The number of hydrogen-bond acceptors (Lipinski definition) is 9. The zero-order valence-corrected chi connectivity index (χ0v) is 21.7. The molecule has 3 fully saturated rings. The van der Waals surface area contributed by atoms with Crippen LogP contribution in [0, 0.1) is 32.8 Å². The van der Waals surface area contributed by atoms with Gasteiger partial charge in [-0.15, -0.1) is 0 Å². The van der Waals surface area contributed by atoms with E-state index in [0.717, 1.165) is 19.3 Å². The maximum Gasteiger partial charge on any atom is 0.343 e. The van der Waals surface area contributed by atoms with Gasteiger partial charge < -0.3 is 29.5 Å². The predicted molar refractivity (Wildman–Crippen MR) is 136 cm³/mol. The van der Waals surface area contributed by atoms with Crippen molar-refractivity contribution in [2.45, 2.75) is 51.2 Å². The van der Waals surface area contributed by atoms with Crippen molar-refractivity contribution < 1.29 is 39.2 Å². The van der Waals surface area contributed by atoms with Crippen molar-refractivity contribution in [3.63, 3.8) is 0 Å². The number of epoxide rings is 1. The summed E-state index contributed by atoms with van der Waals surface area (Å²) in [6.07, 6.45) is 9.26. The van der Waals surface area contributed by atoms with Crippen molar-refractivity contribution in [2.24, 2.45) is 22.7 Å². The Morgan fingerprint density at radius 2 is 2.00 bits per heavy atom. The van der Waals surface area contributed by atoms with Gasteiger partial charge in [0.05, 0.1) is 42.5 Å². The number of hydrogen-bond donors (Lipinski definition) is 3. The monoisotopic (exact) mass is 527 g/mol. The molecule has 1 aromatic carbocycles. The Hall–Kier alpha value is -3.21. The van der Waals surface area contributed by atoms with Gasteiger partial charge in [-0.1, -0.05) is 26.0 Å². The number of rotatable bonds is 6. The number of fused-ring (bicyclic) bond motifs is 1. The normalized spacial score (nSPS) is 37.3. The smallest absolute Gasteiger partial charge is 0.343 e. The summed E-state index contributed by atoms with van der Waals surface area (Å²) in [6.45, 7) is 4.71. The number of nitro groups is 1. The number of nitro benzene ring substituents is 1. The standard InChI is InChI=1S/C28H33NO9/c1-26-8-7-23(31)27(2,14-30)21(26)6-9-28(15-37-28)22(26)5-4-17-13-18(38-25(17)33)10-16-11-19(29(34)35)24(32)20(12-16)36-3/h4-5,10-13,21-23,30-32H,6-9,14-15H2,1-3H3/b5-4+,18-10+/t21?,22?,23-,26+,27+,28?/m1/s1. The average molecular weight is 528 g/mol. The van der Waals surface area contributed by atoms with Crippen LogP contribution in [0.15, 0.2) is 41.7 Å². The van der Waals surface area contributed by atoms with Crippen LogP contribution in [0.25, 0.3) is 6.08 Å². The first-order chi connectivity index (χ1) is 18.0. The molecule has 0 aromatic heterocycles. The summed E-state index contributed by atoms with van der Waals surface area (Å²) in [5, 5.41) is 42.3. The Kier molecular flexibility index (Phi) is 6.40. The summed E-state index contributed by atoms with van der Waals surface area (Å²) in [4.78, 5) is 23.3. The molecule has 6 atom stereocenters. The number of esters is 1. The first kappa shape index (κ1) is 26.4. The Morgan fingerprint density at radius 3 is 2.63 bits per heavy atom. The Bertz CT molecular complexity index is 1260. The highest BCUT2D eigenvalue weighted by molar-refractivity contribution is 5.96. The molecule has 3 N–H and O–H groups in total. The molecule has 4 aliphatic rings. The molecular formula is C28H33NO9. The van der Waals surface area contributed by atoms with E-state index in [4.69, 9.17) is 14.2 Å². The lowest BCUT2D eigenvalue weighted by molar-refractivity contribution is -0.386. The van der Waals surface area contributed by atoms with Gasteiger partial charge in [-0.2, -0.15) is 0 Å². The number of benzene rings is 1. The lowest BCUT2D eigenvalue weighted by Gasteiger charge is -2.60. The van der Waals surface area contributed by atoms with Crippen molar-refractivity contribution >= 4 is 17.7 Å². The number of ether oxygens (including phenoxy) is 3. The molecule has 0 bridgehead atoms. The molecule has 0 amide bonds.